The second-order valence-corrected chi connectivity index (χ2v) is 6.27. The number of hydrogen-bond donors (Lipinski definition) is 1. The first-order chi connectivity index (χ1) is 9.67. The van der Waals surface area contributed by atoms with Gasteiger partial charge in [-0.25, -0.2) is 0 Å². The molecule has 0 bridgehead atoms. The molecule has 0 aliphatic heterocycles. The van der Waals surface area contributed by atoms with Crippen molar-refractivity contribution in [2.45, 2.75) is 25.8 Å². The molecule has 1 atom stereocenters. The fourth-order valence-corrected chi connectivity index (χ4v) is 2.71. The minimum atomic E-state index is 0.447. The largest absolute Gasteiger partial charge is 0.314 e. The molecule has 20 heavy (non-hydrogen) atoms. The van der Waals surface area contributed by atoms with E-state index in [4.69, 9.17) is 11.6 Å². The van der Waals surface area contributed by atoms with Gasteiger partial charge in [-0.05, 0) is 54.8 Å². The van der Waals surface area contributed by atoms with Crippen LogP contribution in [0, 0.1) is 0 Å². The van der Waals surface area contributed by atoms with Gasteiger partial charge in [0.25, 0.3) is 0 Å². The Hall–Kier alpha value is -0.830. The SMILES string of the molecule is CCNC(Cc1ccc(Cl)cc1)Cc1ccc(Br)cc1. The summed E-state index contributed by atoms with van der Waals surface area (Å²) in [6.45, 7) is 3.13. The summed E-state index contributed by atoms with van der Waals surface area (Å²) in [7, 11) is 0. The molecule has 0 aliphatic rings. The lowest BCUT2D eigenvalue weighted by Crippen LogP contribution is -2.33. The van der Waals surface area contributed by atoms with Gasteiger partial charge in [-0.3, -0.25) is 0 Å². The highest BCUT2D eigenvalue weighted by atomic mass is 79.9. The van der Waals surface area contributed by atoms with E-state index >= 15 is 0 Å². The summed E-state index contributed by atoms with van der Waals surface area (Å²) in [4.78, 5) is 0. The van der Waals surface area contributed by atoms with Gasteiger partial charge in [0, 0.05) is 15.5 Å². The number of benzene rings is 2. The molecule has 0 fully saturated rings. The molecule has 2 rings (SSSR count). The van der Waals surface area contributed by atoms with Crippen LogP contribution >= 0.6 is 27.5 Å². The summed E-state index contributed by atoms with van der Waals surface area (Å²) in [5.41, 5.74) is 2.67. The summed E-state index contributed by atoms with van der Waals surface area (Å²) in [6, 6.07) is 17.1. The van der Waals surface area contributed by atoms with E-state index < -0.39 is 0 Å². The Balaban J connectivity index is 2.02. The number of nitrogens with one attached hydrogen (secondary N) is 1. The third-order valence-electron chi connectivity index (χ3n) is 3.28. The van der Waals surface area contributed by atoms with Crippen LogP contribution in [-0.2, 0) is 12.8 Å². The molecule has 0 heterocycles. The van der Waals surface area contributed by atoms with Gasteiger partial charge in [-0.2, -0.15) is 0 Å². The van der Waals surface area contributed by atoms with Gasteiger partial charge in [0.2, 0.25) is 0 Å². The monoisotopic (exact) mass is 351 g/mol. The van der Waals surface area contributed by atoms with E-state index in [1.54, 1.807) is 0 Å². The first-order valence-corrected chi connectivity index (χ1v) is 8.06. The Morgan fingerprint density at radius 1 is 0.950 bits per heavy atom. The molecule has 0 aliphatic carbocycles. The van der Waals surface area contributed by atoms with Crippen LogP contribution in [0.25, 0.3) is 0 Å². The molecule has 0 aromatic heterocycles. The van der Waals surface area contributed by atoms with Crippen LogP contribution in [0.4, 0.5) is 0 Å². The molecule has 0 saturated heterocycles. The standard InChI is InChI=1S/C17H19BrClN/c1-2-20-17(11-13-3-7-15(18)8-4-13)12-14-5-9-16(19)10-6-14/h3-10,17,20H,2,11-12H2,1H3. The number of halogens is 2. The van der Waals surface area contributed by atoms with E-state index in [1.807, 2.05) is 12.1 Å². The zero-order valence-corrected chi connectivity index (χ0v) is 13.9. The van der Waals surface area contributed by atoms with Gasteiger partial charge in [0.1, 0.15) is 0 Å². The Morgan fingerprint density at radius 2 is 1.45 bits per heavy atom. The van der Waals surface area contributed by atoms with E-state index in [0.29, 0.717) is 6.04 Å². The molecule has 1 nitrogen and oxygen atoms in total. The molecule has 3 heteroatoms. The van der Waals surface area contributed by atoms with Crippen molar-refractivity contribution in [3.63, 3.8) is 0 Å². The summed E-state index contributed by atoms with van der Waals surface area (Å²) in [6.07, 6.45) is 2.05. The molecule has 106 valence electrons. The maximum Gasteiger partial charge on any atom is 0.0406 e. The van der Waals surface area contributed by atoms with Gasteiger partial charge >= 0.3 is 0 Å². The maximum absolute atomic E-state index is 5.93. The lowest BCUT2D eigenvalue weighted by atomic mass is 9.99. The summed E-state index contributed by atoms with van der Waals surface area (Å²) in [5.74, 6) is 0. The highest BCUT2D eigenvalue weighted by Crippen LogP contribution is 2.15. The van der Waals surface area contributed by atoms with Crippen molar-refractivity contribution in [3.05, 3.63) is 69.2 Å². The van der Waals surface area contributed by atoms with Crippen LogP contribution in [0.1, 0.15) is 18.1 Å². The third kappa shape index (κ3) is 4.93. The molecule has 0 spiro atoms. The average Bonchev–Trinajstić information content (AvgIpc) is 2.44. The van der Waals surface area contributed by atoms with E-state index in [0.717, 1.165) is 28.9 Å². The van der Waals surface area contributed by atoms with E-state index in [2.05, 4.69) is 64.6 Å². The van der Waals surface area contributed by atoms with Gasteiger partial charge in [0.05, 0.1) is 0 Å². The first kappa shape index (κ1) is 15.6. The van der Waals surface area contributed by atoms with Crippen LogP contribution in [0.3, 0.4) is 0 Å². The van der Waals surface area contributed by atoms with Crippen LogP contribution in [-0.4, -0.2) is 12.6 Å². The van der Waals surface area contributed by atoms with Gasteiger partial charge in [0.15, 0.2) is 0 Å². The Kier molecular flexibility index (Phi) is 6.08. The van der Waals surface area contributed by atoms with E-state index in [1.165, 1.54) is 11.1 Å². The second-order valence-electron chi connectivity index (χ2n) is 4.92. The Bertz CT molecular complexity index is 474. The summed E-state index contributed by atoms with van der Waals surface area (Å²) < 4.78 is 1.12. The zero-order chi connectivity index (χ0) is 14.4. The zero-order valence-electron chi connectivity index (χ0n) is 11.6. The molecule has 1 unspecified atom stereocenters. The van der Waals surface area contributed by atoms with E-state index in [9.17, 15) is 0 Å². The van der Waals surface area contributed by atoms with Crippen molar-refractivity contribution in [1.29, 1.82) is 0 Å². The summed E-state index contributed by atoms with van der Waals surface area (Å²) >= 11 is 9.41. The van der Waals surface area contributed by atoms with Gasteiger partial charge < -0.3 is 5.32 Å². The minimum Gasteiger partial charge on any atom is -0.314 e. The Labute approximate surface area is 134 Å². The number of likely N-dealkylation sites (N-methyl/N-ethyl adjacent to an activating group) is 1. The van der Waals surface area contributed by atoms with Crippen molar-refractivity contribution < 1.29 is 0 Å². The van der Waals surface area contributed by atoms with Gasteiger partial charge in [-0.15, -0.1) is 0 Å². The maximum atomic E-state index is 5.93. The smallest absolute Gasteiger partial charge is 0.0406 e. The quantitative estimate of drug-likeness (QED) is 0.782. The number of rotatable bonds is 6. The van der Waals surface area contributed by atoms with Crippen LogP contribution in [0.15, 0.2) is 53.0 Å². The molecular weight excluding hydrogens is 334 g/mol. The molecule has 2 aromatic carbocycles. The second kappa shape index (κ2) is 7.82. The normalized spacial score (nSPS) is 12.3. The van der Waals surface area contributed by atoms with Crippen LogP contribution in [0.5, 0.6) is 0 Å². The fourth-order valence-electron chi connectivity index (χ4n) is 2.32. The van der Waals surface area contributed by atoms with Crippen molar-refractivity contribution in [1.82, 2.24) is 5.32 Å². The lowest BCUT2D eigenvalue weighted by Gasteiger charge is -2.18. The lowest BCUT2D eigenvalue weighted by molar-refractivity contribution is 0.521. The Morgan fingerprint density at radius 3 is 1.95 bits per heavy atom. The first-order valence-electron chi connectivity index (χ1n) is 6.89. The van der Waals surface area contributed by atoms with Crippen molar-refractivity contribution >= 4 is 27.5 Å². The molecule has 0 amide bonds. The van der Waals surface area contributed by atoms with Gasteiger partial charge in [-0.1, -0.05) is 58.7 Å². The topological polar surface area (TPSA) is 12.0 Å². The third-order valence-corrected chi connectivity index (χ3v) is 4.06. The summed E-state index contributed by atoms with van der Waals surface area (Å²) in [5, 5.41) is 4.36. The predicted octanol–water partition coefficient (Wildman–Crippen LogP) is 4.87. The van der Waals surface area contributed by atoms with Crippen molar-refractivity contribution in [3.8, 4) is 0 Å². The van der Waals surface area contributed by atoms with Crippen LogP contribution < -0.4 is 5.32 Å². The fraction of sp³-hybridized carbons (Fsp3) is 0.294. The minimum absolute atomic E-state index is 0.447. The van der Waals surface area contributed by atoms with Crippen molar-refractivity contribution in [2.24, 2.45) is 0 Å². The number of hydrogen-bond acceptors (Lipinski definition) is 1. The van der Waals surface area contributed by atoms with Crippen LogP contribution in [0.2, 0.25) is 5.02 Å². The van der Waals surface area contributed by atoms with E-state index in [-0.39, 0.29) is 0 Å². The molecular formula is C17H19BrClN. The predicted molar refractivity (Wildman–Crippen MR) is 90.5 cm³/mol. The molecule has 0 radical (unpaired) electrons. The highest BCUT2D eigenvalue weighted by molar-refractivity contribution is 9.10. The highest BCUT2D eigenvalue weighted by Gasteiger charge is 2.09. The molecule has 1 N–H and O–H groups in total. The molecule has 2 aromatic rings. The molecule has 0 saturated carbocycles. The van der Waals surface area contributed by atoms with Crippen molar-refractivity contribution in [2.75, 3.05) is 6.54 Å². The average molecular weight is 353 g/mol.